The molecule has 0 amide bonds. The van der Waals surface area contributed by atoms with Gasteiger partial charge in [-0.05, 0) is 25.0 Å². The lowest BCUT2D eigenvalue weighted by Gasteiger charge is -2.08. The van der Waals surface area contributed by atoms with Gasteiger partial charge in [-0.2, -0.15) is 0 Å². The second-order valence-corrected chi connectivity index (χ2v) is 2.85. The van der Waals surface area contributed by atoms with Crippen LogP contribution < -0.4 is 5.32 Å². The van der Waals surface area contributed by atoms with Crippen LogP contribution in [-0.2, 0) is 11.2 Å². The number of anilines is 1. The van der Waals surface area contributed by atoms with Gasteiger partial charge in [0, 0.05) is 19.3 Å². The molecule has 0 aliphatic carbocycles. The first-order valence-corrected chi connectivity index (χ1v) is 4.72. The van der Waals surface area contributed by atoms with Crippen LogP contribution in [0.15, 0.2) is 24.3 Å². The standard InChI is InChI=1S/C11H17NO/c1-3-13-9-8-10-6-4-5-7-11(10)12-2/h4-7,12H,3,8-9H2,1-2H3. The van der Waals surface area contributed by atoms with E-state index in [0.29, 0.717) is 0 Å². The minimum absolute atomic E-state index is 0.793. The van der Waals surface area contributed by atoms with Crippen LogP contribution in [0.4, 0.5) is 5.69 Å². The van der Waals surface area contributed by atoms with Crippen molar-refractivity contribution in [1.29, 1.82) is 0 Å². The number of rotatable bonds is 5. The summed E-state index contributed by atoms with van der Waals surface area (Å²) in [5.41, 5.74) is 2.51. The molecule has 0 radical (unpaired) electrons. The molecule has 0 spiro atoms. The Hall–Kier alpha value is -1.02. The summed E-state index contributed by atoms with van der Waals surface area (Å²) in [5, 5.41) is 3.17. The Kier molecular flexibility index (Phi) is 4.33. The highest BCUT2D eigenvalue weighted by molar-refractivity contribution is 5.50. The molecule has 1 aromatic rings. The molecule has 72 valence electrons. The number of para-hydroxylation sites is 1. The molecular formula is C11H17NO. The van der Waals surface area contributed by atoms with Gasteiger partial charge in [0.1, 0.15) is 0 Å². The predicted octanol–water partition coefficient (Wildman–Crippen LogP) is 2.31. The molecule has 0 aliphatic rings. The second-order valence-electron chi connectivity index (χ2n) is 2.85. The summed E-state index contributed by atoms with van der Waals surface area (Å²) in [4.78, 5) is 0. The molecule has 2 heteroatoms. The highest BCUT2D eigenvalue weighted by Crippen LogP contribution is 2.14. The number of nitrogens with one attached hydrogen (secondary N) is 1. The average molecular weight is 179 g/mol. The smallest absolute Gasteiger partial charge is 0.0507 e. The van der Waals surface area contributed by atoms with Gasteiger partial charge in [0.25, 0.3) is 0 Å². The van der Waals surface area contributed by atoms with Crippen LogP contribution in [0.2, 0.25) is 0 Å². The second kappa shape index (κ2) is 5.60. The molecule has 1 N–H and O–H groups in total. The van der Waals surface area contributed by atoms with Crippen molar-refractivity contribution >= 4 is 5.69 Å². The van der Waals surface area contributed by atoms with Gasteiger partial charge in [0.2, 0.25) is 0 Å². The van der Waals surface area contributed by atoms with Crippen molar-refractivity contribution in [2.75, 3.05) is 25.6 Å². The lowest BCUT2D eigenvalue weighted by molar-refractivity contribution is 0.151. The number of hydrogen-bond acceptors (Lipinski definition) is 2. The van der Waals surface area contributed by atoms with Gasteiger partial charge >= 0.3 is 0 Å². The molecule has 13 heavy (non-hydrogen) atoms. The first kappa shape index (κ1) is 10.1. The van der Waals surface area contributed by atoms with Gasteiger partial charge in [-0.15, -0.1) is 0 Å². The highest BCUT2D eigenvalue weighted by Gasteiger charge is 1.98. The molecule has 0 saturated carbocycles. The van der Waals surface area contributed by atoms with Crippen molar-refractivity contribution in [3.63, 3.8) is 0 Å². The zero-order chi connectivity index (χ0) is 9.52. The molecular weight excluding hydrogens is 162 g/mol. The maximum Gasteiger partial charge on any atom is 0.0507 e. The molecule has 0 aromatic heterocycles. The molecule has 0 aliphatic heterocycles. The Morgan fingerprint density at radius 1 is 1.31 bits per heavy atom. The number of benzene rings is 1. The zero-order valence-electron chi connectivity index (χ0n) is 8.34. The molecule has 0 fully saturated rings. The third-order valence-corrected chi connectivity index (χ3v) is 2.01. The molecule has 1 aromatic carbocycles. The molecule has 0 unspecified atom stereocenters. The Morgan fingerprint density at radius 3 is 2.77 bits per heavy atom. The monoisotopic (exact) mass is 179 g/mol. The first-order valence-electron chi connectivity index (χ1n) is 4.72. The van der Waals surface area contributed by atoms with Crippen LogP contribution in [0, 0.1) is 0 Å². The van der Waals surface area contributed by atoms with Crippen molar-refractivity contribution in [3.8, 4) is 0 Å². The van der Waals surface area contributed by atoms with Gasteiger partial charge in [-0.1, -0.05) is 18.2 Å². The van der Waals surface area contributed by atoms with Gasteiger partial charge in [-0.3, -0.25) is 0 Å². The minimum atomic E-state index is 0.793. The topological polar surface area (TPSA) is 21.3 Å². The molecule has 0 atom stereocenters. The van der Waals surface area contributed by atoms with Gasteiger partial charge in [-0.25, -0.2) is 0 Å². The fourth-order valence-corrected chi connectivity index (χ4v) is 1.31. The summed E-state index contributed by atoms with van der Waals surface area (Å²) in [7, 11) is 1.94. The summed E-state index contributed by atoms with van der Waals surface area (Å²) in [6.07, 6.45) is 0.977. The molecule has 0 saturated heterocycles. The maximum absolute atomic E-state index is 5.31. The molecule has 0 heterocycles. The Labute approximate surface area is 79.9 Å². The van der Waals surface area contributed by atoms with E-state index in [4.69, 9.17) is 4.74 Å². The summed E-state index contributed by atoms with van der Waals surface area (Å²) in [5.74, 6) is 0. The van der Waals surface area contributed by atoms with E-state index in [1.165, 1.54) is 11.3 Å². The normalized spacial score (nSPS) is 10.0. The van der Waals surface area contributed by atoms with Crippen molar-refractivity contribution in [2.45, 2.75) is 13.3 Å². The lowest BCUT2D eigenvalue weighted by atomic mass is 10.1. The van der Waals surface area contributed by atoms with E-state index in [0.717, 1.165) is 19.6 Å². The van der Waals surface area contributed by atoms with E-state index >= 15 is 0 Å². The number of ether oxygens (including phenoxy) is 1. The van der Waals surface area contributed by atoms with Crippen LogP contribution in [0.5, 0.6) is 0 Å². The van der Waals surface area contributed by atoms with E-state index in [1.54, 1.807) is 0 Å². The van der Waals surface area contributed by atoms with Crippen LogP contribution in [0.1, 0.15) is 12.5 Å². The average Bonchev–Trinajstić information content (AvgIpc) is 2.19. The third kappa shape index (κ3) is 3.07. The third-order valence-electron chi connectivity index (χ3n) is 2.01. The van der Waals surface area contributed by atoms with Crippen molar-refractivity contribution in [3.05, 3.63) is 29.8 Å². The Bertz CT molecular complexity index is 248. The summed E-state index contributed by atoms with van der Waals surface area (Å²) >= 11 is 0. The summed E-state index contributed by atoms with van der Waals surface area (Å²) in [6.45, 7) is 3.61. The van der Waals surface area contributed by atoms with Crippen molar-refractivity contribution < 1.29 is 4.74 Å². The SMILES string of the molecule is CCOCCc1ccccc1NC. The predicted molar refractivity (Wildman–Crippen MR) is 56.2 cm³/mol. The van der Waals surface area contributed by atoms with Crippen LogP contribution >= 0.6 is 0 Å². The van der Waals surface area contributed by atoms with Gasteiger partial charge < -0.3 is 10.1 Å². The van der Waals surface area contributed by atoms with E-state index in [2.05, 4.69) is 23.5 Å². The number of hydrogen-bond donors (Lipinski definition) is 1. The lowest BCUT2D eigenvalue weighted by Crippen LogP contribution is -2.01. The van der Waals surface area contributed by atoms with Crippen LogP contribution in [-0.4, -0.2) is 20.3 Å². The largest absolute Gasteiger partial charge is 0.388 e. The maximum atomic E-state index is 5.31. The van der Waals surface area contributed by atoms with E-state index in [9.17, 15) is 0 Å². The summed E-state index contributed by atoms with van der Waals surface area (Å²) in [6, 6.07) is 8.31. The summed E-state index contributed by atoms with van der Waals surface area (Å²) < 4.78 is 5.31. The van der Waals surface area contributed by atoms with E-state index in [-0.39, 0.29) is 0 Å². The van der Waals surface area contributed by atoms with Crippen molar-refractivity contribution in [1.82, 2.24) is 0 Å². The fraction of sp³-hybridized carbons (Fsp3) is 0.455. The molecule has 0 bridgehead atoms. The quantitative estimate of drug-likeness (QED) is 0.700. The van der Waals surface area contributed by atoms with Gasteiger partial charge in [0.05, 0.1) is 6.61 Å². The highest BCUT2D eigenvalue weighted by atomic mass is 16.5. The molecule has 1 rings (SSSR count). The van der Waals surface area contributed by atoms with Crippen LogP contribution in [0.3, 0.4) is 0 Å². The Morgan fingerprint density at radius 2 is 2.08 bits per heavy atom. The fourth-order valence-electron chi connectivity index (χ4n) is 1.31. The van der Waals surface area contributed by atoms with E-state index < -0.39 is 0 Å². The minimum Gasteiger partial charge on any atom is -0.388 e. The van der Waals surface area contributed by atoms with Crippen molar-refractivity contribution in [2.24, 2.45) is 0 Å². The Balaban J connectivity index is 2.54. The van der Waals surface area contributed by atoms with E-state index in [1.807, 2.05) is 20.0 Å². The van der Waals surface area contributed by atoms with Gasteiger partial charge in [0.15, 0.2) is 0 Å². The zero-order valence-corrected chi connectivity index (χ0v) is 8.34. The molecule has 2 nitrogen and oxygen atoms in total. The first-order chi connectivity index (χ1) is 6.38. The van der Waals surface area contributed by atoms with Crippen LogP contribution in [0.25, 0.3) is 0 Å².